The summed E-state index contributed by atoms with van der Waals surface area (Å²) >= 11 is 0. The van der Waals surface area contributed by atoms with Crippen LogP contribution in [0.25, 0.3) is 5.69 Å². The van der Waals surface area contributed by atoms with Crippen molar-refractivity contribution in [3.05, 3.63) is 48.3 Å². The van der Waals surface area contributed by atoms with Gasteiger partial charge in [-0.1, -0.05) is 12.1 Å². The number of carboxylic acids is 1. The van der Waals surface area contributed by atoms with Gasteiger partial charge in [0, 0.05) is 18.9 Å². The lowest BCUT2D eigenvalue weighted by atomic mass is 10.2. The van der Waals surface area contributed by atoms with Gasteiger partial charge in [0.15, 0.2) is 0 Å². The number of carbonyl (C=O) groups is 1. The summed E-state index contributed by atoms with van der Waals surface area (Å²) in [6, 6.07) is 9.77. The number of hydrogen-bond acceptors (Lipinski definition) is 3. The van der Waals surface area contributed by atoms with Crippen LogP contribution in [0.2, 0.25) is 0 Å². The summed E-state index contributed by atoms with van der Waals surface area (Å²) in [4.78, 5) is 12.3. The molecule has 0 fully saturated rings. The molecular weight excluding hydrogens is 230 g/mol. The summed E-state index contributed by atoms with van der Waals surface area (Å²) < 4.78 is 1.78. The van der Waals surface area contributed by atoms with E-state index in [1.54, 1.807) is 22.8 Å². The van der Waals surface area contributed by atoms with E-state index in [4.69, 9.17) is 5.11 Å². The van der Waals surface area contributed by atoms with E-state index in [1.165, 1.54) is 0 Å². The first kappa shape index (κ1) is 12.3. The van der Waals surface area contributed by atoms with Crippen LogP contribution in [0.3, 0.4) is 0 Å². The molecule has 0 spiro atoms. The largest absolute Gasteiger partial charge is 0.480 e. The second-order valence-corrected chi connectivity index (χ2v) is 4.18. The average molecular weight is 245 g/mol. The predicted octanol–water partition coefficient (Wildman–Crippen LogP) is 1.39. The Bertz CT molecular complexity index is 506. The Balaban J connectivity index is 2.02. The van der Waals surface area contributed by atoms with E-state index >= 15 is 0 Å². The number of carboxylic acid groups (broad SMARTS) is 1. The molecule has 5 nitrogen and oxygen atoms in total. The first-order valence-electron chi connectivity index (χ1n) is 5.64. The molecule has 1 aromatic carbocycles. The van der Waals surface area contributed by atoms with Crippen molar-refractivity contribution < 1.29 is 9.90 Å². The minimum Gasteiger partial charge on any atom is -0.480 e. The van der Waals surface area contributed by atoms with Crippen LogP contribution in [0.5, 0.6) is 0 Å². The molecule has 0 saturated carbocycles. The van der Waals surface area contributed by atoms with Crippen LogP contribution in [0, 0.1) is 0 Å². The zero-order chi connectivity index (χ0) is 13.0. The molecule has 0 aliphatic rings. The Morgan fingerprint density at radius 2 is 2.11 bits per heavy atom. The fraction of sp³-hybridized carbons (Fsp3) is 0.231. The highest BCUT2D eigenvalue weighted by atomic mass is 16.4. The van der Waals surface area contributed by atoms with Crippen molar-refractivity contribution in [3.63, 3.8) is 0 Å². The lowest BCUT2D eigenvalue weighted by molar-refractivity contribution is -0.138. The van der Waals surface area contributed by atoms with Crippen LogP contribution in [0.15, 0.2) is 42.7 Å². The van der Waals surface area contributed by atoms with Crippen LogP contribution in [0.4, 0.5) is 0 Å². The van der Waals surface area contributed by atoms with Gasteiger partial charge in [-0.3, -0.25) is 9.69 Å². The van der Waals surface area contributed by atoms with Crippen molar-refractivity contribution in [2.24, 2.45) is 0 Å². The molecule has 1 aromatic heterocycles. The second-order valence-electron chi connectivity index (χ2n) is 4.18. The summed E-state index contributed by atoms with van der Waals surface area (Å²) in [6.07, 6.45) is 3.61. The standard InChI is InChI=1S/C13H15N3O2/c1-15(10-13(17)18)9-11-3-5-12(6-4-11)16-8-2-7-14-16/h2-8H,9-10H2,1H3,(H,17,18). The van der Waals surface area contributed by atoms with E-state index < -0.39 is 5.97 Å². The molecule has 94 valence electrons. The molecule has 0 amide bonds. The molecule has 1 N–H and O–H groups in total. The predicted molar refractivity (Wildman–Crippen MR) is 67.5 cm³/mol. The number of likely N-dealkylation sites (N-methyl/N-ethyl adjacent to an activating group) is 1. The van der Waals surface area contributed by atoms with E-state index in [1.807, 2.05) is 36.5 Å². The molecule has 1 heterocycles. The number of nitrogens with zero attached hydrogens (tertiary/aromatic N) is 3. The third-order valence-corrected chi connectivity index (χ3v) is 2.56. The molecule has 0 atom stereocenters. The van der Waals surface area contributed by atoms with E-state index in [2.05, 4.69) is 5.10 Å². The quantitative estimate of drug-likeness (QED) is 0.864. The Kier molecular flexibility index (Phi) is 3.74. The second kappa shape index (κ2) is 5.46. The average Bonchev–Trinajstić information content (AvgIpc) is 2.82. The van der Waals surface area contributed by atoms with Gasteiger partial charge in [-0.25, -0.2) is 4.68 Å². The topological polar surface area (TPSA) is 58.4 Å². The van der Waals surface area contributed by atoms with E-state index in [0.717, 1.165) is 11.3 Å². The van der Waals surface area contributed by atoms with Gasteiger partial charge in [-0.15, -0.1) is 0 Å². The van der Waals surface area contributed by atoms with Crippen molar-refractivity contribution in [3.8, 4) is 5.69 Å². The number of aliphatic carboxylic acids is 1. The number of aromatic nitrogens is 2. The smallest absolute Gasteiger partial charge is 0.317 e. The highest BCUT2D eigenvalue weighted by Gasteiger charge is 2.05. The van der Waals surface area contributed by atoms with Gasteiger partial charge < -0.3 is 5.11 Å². The van der Waals surface area contributed by atoms with Crippen LogP contribution in [-0.4, -0.2) is 39.3 Å². The molecule has 18 heavy (non-hydrogen) atoms. The molecule has 2 aromatic rings. The van der Waals surface area contributed by atoms with Crippen LogP contribution < -0.4 is 0 Å². The highest BCUT2D eigenvalue weighted by Crippen LogP contribution is 2.09. The molecule has 0 bridgehead atoms. The first-order chi connectivity index (χ1) is 8.65. The van der Waals surface area contributed by atoms with E-state index in [0.29, 0.717) is 6.54 Å². The van der Waals surface area contributed by atoms with Gasteiger partial charge in [0.25, 0.3) is 0 Å². The van der Waals surface area contributed by atoms with Crippen molar-refractivity contribution in [2.45, 2.75) is 6.54 Å². The minimum absolute atomic E-state index is 0.0426. The lowest BCUT2D eigenvalue weighted by Crippen LogP contribution is -2.25. The molecule has 0 aliphatic heterocycles. The fourth-order valence-corrected chi connectivity index (χ4v) is 1.77. The maximum atomic E-state index is 10.6. The van der Waals surface area contributed by atoms with Gasteiger partial charge in [0.2, 0.25) is 0 Å². The number of hydrogen-bond donors (Lipinski definition) is 1. The molecule has 5 heteroatoms. The summed E-state index contributed by atoms with van der Waals surface area (Å²) in [5.41, 5.74) is 2.07. The van der Waals surface area contributed by atoms with Crippen molar-refractivity contribution >= 4 is 5.97 Å². The SMILES string of the molecule is CN(CC(=O)O)Cc1ccc(-n2cccn2)cc1. The third-order valence-electron chi connectivity index (χ3n) is 2.56. The Morgan fingerprint density at radius 1 is 1.39 bits per heavy atom. The van der Waals surface area contributed by atoms with Gasteiger partial charge in [0.05, 0.1) is 12.2 Å². The monoisotopic (exact) mass is 245 g/mol. The normalized spacial score (nSPS) is 10.8. The number of rotatable bonds is 5. The molecule has 0 saturated heterocycles. The lowest BCUT2D eigenvalue weighted by Gasteiger charge is -2.14. The van der Waals surface area contributed by atoms with Crippen molar-refractivity contribution in [2.75, 3.05) is 13.6 Å². The molecular formula is C13H15N3O2. The Morgan fingerprint density at radius 3 is 2.67 bits per heavy atom. The zero-order valence-corrected chi connectivity index (χ0v) is 10.2. The zero-order valence-electron chi connectivity index (χ0n) is 10.2. The Hall–Kier alpha value is -2.14. The molecule has 0 unspecified atom stereocenters. The van der Waals surface area contributed by atoms with E-state index in [-0.39, 0.29) is 6.54 Å². The summed E-state index contributed by atoms with van der Waals surface area (Å²) in [7, 11) is 1.79. The molecule has 0 radical (unpaired) electrons. The van der Waals surface area contributed by atoms with Gasteiger partial charge in [0.1, 0.15) is 0 Å². The van der Waals surface area contributed by atoms with Crippen LogP contribution >= 0.6 is 0 Å². The summed E-state index contributed by atoms with van der Waals surface area (Å²) in [5, 5.41) is 12.8. The summed E-state index contributed by atoms with van der Waals surface area (Å²) in [5.74, 6) is -0.814. The maximum absolute atomic E-state index is 10.6. The summed E-state index contributed by atoms with van der Waals surface area (Å²) in [6.45, 7) is 0.659. The highest BCUT2D eigenvalue weighted by molar-refractivity contribution is 5.69. The Labute approximate surface area is 105 Å². The van der Waals surface area contributed by atoms with Gasteiger partial charge in [-0.2, -0.15) is 5.10 Å². The van der Waals surface area contributed by atoms with Gasteiger partial charge in [-0.05, 0) is 30.8 Å². The first-order valence-corrected chi connectivity index (χ1v) is 5.64. The van der Waals surface area contributed by atoms with Gasteiger partial charge >= 0.3 is 5.97 Å². The van der Waals surface area contributed by atoms with Crippen molar-refractivity contribution in [1.29, 1.82) is 0 Å². The third kappa shape index (κ3) is 3.18. The molecule has 2 rings (SSSR count). The van der Waals surface area contributed by atoms with E-state index in [9.17, 15) is 4.79 Å². The fourth-order valence-electron chi connectivity index (χ4n) is 1.77. The molecule has 0 aliphatic carbocycles. The van der Waals surface area contributed by atoms with Crippen molar-refractivity contribution in [1.82, 2.24) is 14.7 Å². The minimum atomic E-state index is -0.814. The number of benzene rings is 1. The maximum Gasteiger partial charge on any atom is 0.317 e. The van der Waals surface area contributed by atoms with Crippen LogP contribution in [0.1, 0.15) is 5.56 Å². The van der Waals surface area contributed by atoms with Crippen LogP contribution in [-0.2, 0) is 11.3 Å².